The van der Waals surface area contributed by atoms with E-state index in [0.29, 0.717) is 39.0 Å². The number of hydrogen-bond acceptors (Lipinski definition) is 6. The monoisotopic (exact) mass is 428 g/mol. The quantitative estimate of drug-likeness (QED) is 0.561. The molecule has 0 aliphatic carbocycles. The molecule has 1 aliphatic rings. The molecule has 0 aromatic heterocycles. The van der Waals surface area contributed by atoms with Gasteiger partial charge in [-0.2, -0.15) is 0 Å². The third kappa shape index (κ3) is 6.77. The van der Waals surface area contributed by atoms with Crippen LogP contribution < -0.4 is 10.6 Å². The van der Waals surface area contributed by atoms with Crippen molar-refractivity contribution in [3.8, 4) is 0 Å². The lowest BCUT2D eigenvalue weighted by Gasteiger charge is -2.36. The molecule has 30 heavy (non-hydrogen) atoms. The van der Waals surface area contributed by atoms with Crippen molar-refractivity contribution in [1.82, 2.24) is 20.4 Å². The Balaban J connectivity index is 2.64. The predicted molar refractivity (Wildman–Crippen MR) is 111 cm³/mol. The van der Waals surface area contributed by atoms with E-state index in [1.54, 1.807) is 9.80 Å². The highest BCUT2D eigenvalue weighted by Crippen LogP contribution is 2.12. The van der Waals surface area contributed by atoms with Gasteiger partial charge in [0.05, 0.1) is 14.2 Å². The summed E-state index contributed by atoms with van der Waals surface area (Å²) in [6.07, 6.45) is 1.43. The predicted octanol–water partition coefficient (Wildman–Crippen LogP) is 1.20. The molecular formula is C20H36N4O6. The lowest BCUT2D eigenvalue weighted by atomic mass is 9.99. The van der Waals surface area contributed by atoms with E-state index >= 15 is 0 Å². The molecule has 1 fully saturated rings. The molecule has 0 radical (unpaired) electrons. The van der Waals surface area contributed by atoms with Crippen molar-refractivity contribution in [3.05, 3.63) is 0 Å². The van der Waals surface area contributed by atoms with Crippen molar-refractivity contribution in [1.29, 1.82) is 0 Å². The maximum atomic E-state index is 12.6. The highest BCUT2D eigenvalue weighted by molar-refractivity contribution is 5.85. The zero-order valence-electron chi connectivity index (χ0n) is 18.9. The van der Waals surface area contributed by atoms with Crippen LogP contribution in [0.2, 0.25) is 0 Å². The molecule has 0 aromatic rings. The zero-order valence-corrected chi connectivity index (χ0v) is 18.9. The number of rotatable bonds is 8. The number of piperazine rings is 1. The van der Waals surface area contributed by atoms with E-state index in [2.05, 4.69) is 10.6 Å². The van der Waals surface area contributed by atoms with Gasteiger partial charge in [0.25, 0.3) is 0 Å². The van der Waals surface area contributed by atoms with Crippen LogP contribution in [-0.4, -0.2) is 86.3 Å². The maximum absolute atomic E-state index is 12.6. The van der Waals surface area contributed by atoms with Gasteiger partial charge in [0, 0.05) is 26.2 Å². The molecule has 10 heteroatoms. The third-order valence-corrected chi connectivity index (χ3v) is 5.75. The van der Waals surface area contributed by atoms with Crippen LogP contribution in [0, 0.1) is 11.8 Å². The van der Waals surface area contributed by atoms with Crippen LogP contribution in [0.15, 0.2) is 0 Å². The summed E-state index contributed by atoms with van der Waals surface area (Å²) in [5.41, 5.74) is 0. The molecule has 1 rings (SSSR count). The molecule has 1 heterocycles. The highest BCUT2D eigenvalue weighted by Gasteiger charge is 2.32. The van der Waals surface area contributed by atoms with Crippen molar-refractivity contribution in [2.24, 2.45) is 11.8 Å². The number of nitrogens with zero attached hydrogens (tertiary/aromatic N) is 2. The van der Waals surface area contributed by atoms with E-state index in [9.17, 15) is 19.2 Å². The molecule has 4 atom stereocenters. The molecule has 0 unspecified atom stereocenters. The Morgan fingerprint density at radius 3 is 1.27 bits per heavy atom. The van der Waals surface area contributed by atoms with Crippen LogP contribution in [0.4, 0.5) is 9.59 Å². The number of ether oxygens (including phenoxy) is 2. The summed E-state index contributed by atoms with van der Waals surface area (Å²) >= 11 is 0. The summed E-state index contributed by atoms with van der Waals surface area (Å²) < 4.78 is 9.59. The smallest absolute Gasteiger partial charge is 0.328 e. The zero-order chi connectivity index (χ0) is 22.8. The van der Waals surface area contributed by atoms with Crippen molar-refractivity contribution in [3.63, 3.8) is 0 Å². The number of amides is 4. The summed E-state index contributed by atoms with van der Waals surface area (Å²) in [6, 6.07) is -2.16. The molecule has 10 nitrogen and oxygen atoms in total. The van der Waals surface area contributed by atoms with Crippen molar-refractivity contribution >= 4 is 24.0 Å². The van der Waals surface area contributed by atoms with Crippen LogP contribution in [0.3, 0.4) is 0 Å². The molecule has 0 bridgehead atoms. The lowest BCUT2D eigenvalue weighted by Crippen LogP contribution is -2.59. The van der Waals surface area contributed by atoms with Gasteiger partial charge in [-0.05, 0) is 11.8 Å². The van der Waals surface area contributed by atoms with Crippen LogP contribution in [0.1, 0.15) is 40.5 Å². The van der Waals surface area contributed by atoms with Gasteiger partial charge >= 0.3 is 24.0 Å². The lowest BCUT2D eigenvalue weighted by molar-refractivity contribution is -0.145. The standard InChI is InChI=1S/C20H36N4O6/c1-7-13(3)15(17(25)29-5)21-19(27)23-9-11-24(12-10-23)20(28)22-16(14(4)8-2)18(26)30-6/h13-16H,7-12H2,1-6H3,(H,21,27)(H,22,28)/t13-,14-,15+,16+/m1/s1. The highest BCUT2D eigenvalue weighted by atomic mass is 16.5. The SMILES string of the molecule is CC[C@@H](C)[C@H](NC(=O)N1CCN(C(=O)N[C@H](C(=O)OC)[C@H](C)CC)CC1)C(=O)OC. The van der Waals surface area contributed by atoms with Gasteiger partial charge in [-0.15, -0.1) is 0 Å². The normalized spacial score (nSPS) is 17.9. The van der Waals surface area contributed by atoms with E-state index in [4.69, 9.17) is 9.47 Å². The van der Waals surface area contributed by atoms with Crippen molar-refractivity contribution in [2.75, 3.05) is 40.4 Å². The molecule has 0 saturated carbocycles. The summed E-state index contributed by atoms with van der Waals surface area (Å²) in [6.45, 7) is 8.90. The molecular weight excluding hydrogens is 392 g/mol. The second kappa shape index (κ2) is 12.2. The Kier molecular flexibility index (Phi) is 10.4. The van der Waals surface area contributed by atoms with Gasteiger partial charge < -0.3 is 29.9 Å². The summed E-state index contributed by atoms with van der Waals surface area (Å²) in [5, 5.41) is 5.48. The van der Waals surface area contributed by atoms with Crippen LogP contribution in [0.5, 0.6) is 0 Å². The van der Waals surface area contributed by atoms with Gasteiger partial charge in [-0.1, -0.05) is 40.5 Å². The molecule has 172 valence electrons. The molecule has 0 spiro atoms. The summed E-state index contributed by atoms with van der Waals surface area (Å²) in [5.74, 6) is -1.09. The Labute approximate surface area is 178 Å². The largest absolute Gasteiger partial charge is 0.467 e. The first-order valence-electron chi connectivity index (χ1n) is 10.5. The minimum absolute atomic E-state index is 0.0655. The molecule has 0 aromatic carbocycles. The van der Waals surface area contributed by atoms with E-state index in [1.165, 1.54) is 14.2 Å². The second-order valence-electron chi connectivity index (χ2n) is 7.65. The van der Waals surface area contributed by atoms with E-state index < -0.39 is 24.0 Å². The Bertz CT molecular complexity index is 554. The third-order valence-electron chi connectivity index (χ3n) is 5.75. The van der Waals surface area contributed by atoms with Gasteiger partial charge in [0.15, 0.2) is 0 Å². The molecule has 4 amide bonds. The van der Waals surface area contributed by atoms with E-state index in [-0.39, 0.29) is 23.9 Å². The average molecular weight is 429 g/mol. The van der Waals surface area contributed by atoms with Crippen molar-refractivity contribution in [2.45, 2.75) is 52.6 Å². The van der Waals surface area contributed by atoms with E-state index in [1.807, 2.05) is 27.7 Å². The second-order valence-corrected chi connectivity index (χ2v) is 7.65. The van der Waals surface area contributed by atoms with Gasteiger partial charge in [-0.3, -0.25) is 0 Å². The number of methoxy groups -OCH3 is 2. The van der Waals surface area contributed by atoms with Crippen LogP contribution in [0.25, 0.3) is 0 Å². The number of hydrogen-bond donors (Lipinski definition) is 2. The minimum atomic E-state index is -0.717. The van der Waals surface area contributed by atoms with Gasteiger partial charge in [0.1, 0.15) is 12.1 Å². The first-order chi connectivity index (χ1) is 14.2. The van der Waals surface area contributed by atoms with Crippen LogP contribution >= 0.6 is 0 Å². The molecule has 2 N–H and O–H groups in total. The Hall–Kier alpha value is -2.52. The van der Waals surface area contributed by atoms with Crippen LogP contribution in [-0.2, 0) is 19.1 Å². The number of nitrogens with one attached hydrogen (secondary N) is 2. The Morgan fingerprint density at radius 2 is 1.03 bits per heavy atom. The average Bonchev–Trinajstić information content (AvgIpc) is 2.78. The summed E-state index contributed by atoms with van der Waals surface area (Å²) in [4.78, 5) is 52.3. The molecule has 1 aliphatic heterocycles. The number of carbonyl (C=O) groups is 4. The maximum Gasteiger partial charge on any atom is 0.328 e. The topological polar surface area (TPSA) is 117 Å². The fourth-order valence-corrected chi connectivity index (χ4v) is 3.15. The van der Waals surface area contributed by atoms with Gasteiger partial charge in [0.2, 0.25) is 0 Å². The minimum Gasteiger partial charge on any atom is -0.467 e. The Morgan fingerprint density at radius 1 is 0.733 bits per heavy atom. The fraction of sp³-hybridized carbons (Fsp3) is 0.800. The fourth-order valence-electron chi connectivity index (χ4n) is 3.15. The van der Waals surface area contributed by atoms with E-state index in [0.717, 1.165) is 0 Å². The van der Waals surface area contributed by atoms with Gasteiger partial charge in [-0.25, -0.2) is 19.2 Å². The first kappa shape index (κ1) is 25.5. The first-order valence-corrected chi connectivity index (χ1v) is 10.5. The molecule has 1 saturated heterocycles. The number of urea groups is 2. The summed E-state index contributed by atoms with van der Waals surface area (Å²) in [7, 11) is 2.59. The number of carbonyl (C=O) groups excluding carboxylic acids is 4. The van der Waals surface area contributed by atoms with Crippen molar-refractivity contribution < 1.29 is 28.7 Å². The number of esters is 2.